The minimum absolute atomic E-state index is 0.0543. The average molecular weight is 409 g/mol. The Morgan fingerprint density at radius 3 is 2.32 bits per heavy atom. The Hall–Kier alpha value is -2.69. The summed E-state index contributed by atoms with van der Waals surface area (Å²) in [5, 5.41) is 11.4. The number of ether oxygens (including phenoxy) is 2. The Morgan fingerprint density at radius 1 is 1.11 bits per heavy atom. The predicted octanol–water partition coefficient (Wildman–Crippen LogP) is 2.63. The lowest BCUT2D eigenvalue weighted by atomic mass is 10.3. The number of nitro benzene ring substituents is 1. The number of likely N-dealkylation sites (N-methyl/N-ethyl adjacent to an activating group) is 1. The van der Waals surface area contributed by atoms with Gasteiger partial charge in [-0.05, 0) is 57.4 Å². The van der Waals surface area contributed by atoms with Crippen molar-refractivity contribution < 1.29 is 22.8 Å². The molecule has 28 heavy (non-hydrogen) atoms. The van der Waals surface area contributed by atoms with E-state index in [1.165, 1.54) is 12.1 Å². The molecule has 0 aliphatic rings. The first kappa shape index (κ1) is 21.6. The second kappa shape index (κ2) is 9.49. The molecule has 0 aliphatic carbocycles. The van der Waals surface area contributed by atoms with Gasteiger partial charge in [-0.2, -0.15) is 0 Å². The largest absolute Gasteiger partial charge is 0.494 e. The van der Waals surface area contributed by atoms with Crippen molar-refractivity contribution in [1.29, 1.82) is 0 Å². The molecule has 9 nitrogen and oxygen atoms in total. The summed E-state index contributed by atoms with van der Waals surface area (Å²) in [6.45, 7) is 3.07. The maximum atomic E-state index is 12.4. The van der Waals surface area contributed by atoms with E-state index in [0.29, 0.717) is 24.7 Å². The summed E-state index contributed by atoms with van der Waals surface area (Å²) in [5.74, 6) is 0.960. The first-order valence-electron chi connectivity index (χ1n) is 8.56. The molecule has 0 unspecified atom stereocenters. The van der Waals surface area contributed by atoms with Gasteiger partial charge in [0.1, 0.15) is 11.5 Å². The van der Waals surface area contributed by atoms with E-state index in [1.807, 2.05) is 25.9 Å². The highest BCUT2D eigenvalue weighted by atomic mass is 32.2. The van der Waals surface area contributed by atoms with Gasteiger partial charge in [-0.1, -0.05) is 0 Å². The minimum atomic E-state index is -3.87. The predicted molar refractivity (Wildman–Crippen MR) is 105 cm³/mol. The first-order chi connectivity index (χ1) is 13.2. The summed E-state index contributed by atoms with van der Waals surface area (Å²) in [4.78, 5) is 12.4. The van der Waals surface area contributed by atoms with Crippen LogP contribution >= 0.6 is 0 Å². The van der Waals surface area contributed by atoms with Gasteiger partial charge in [-0.3, -0.25) is 10.1 Å². The lowest BCUT2D eigenvalue weighted by Crippen LogP contribution is -2.31. The molecule has 0 aromatic heterocycles. The third-order valence-corrected chi connectivity index (χ3v) is 5.11. The number of hydrogen-bond donors (Lipinski definition) is 1. The molecule has 0 fully saturated rings. The first-order valence-corrected chi connectivity index (χ1v) is 10.0. The summed E-state index contributed by atoms with van der Waals surface area (Å²) in [7, 11) is -0.243. The van der Waals surface area contributed by atoms with Gasteiger partial charge in [0.05, 0.1) is 16.4 Å². The van der Waals surface area contributed by atoms with E-state index in [0.717, 1.165) is 6.07 Å². The van der Waals surface area contributed by atoms with E-state index in [-0.39, 0.29) is 17.2 Å². The number of nitrogens with zero attached hydrogens (tertiary/aromatic N) is 2. The molecule has 10 heteroatoms. The van der Waals surface area contributed by atoms with E-state index in [1.54, 1.807) is 24.3 Å². The third kappa shape index (κ3) is 5.91. The molecular weight excluding hydrogens is 386 g/mol. The van der Waals surface area contributed by atoms with Crippen molar-refractivity contribution in [2.75, 3.05) is 33.8 Å². The van der Waals surface area contributed by atoms with Gasteiger partial charge in [0, 0.05) is 19.2 Å². The maximum Gasteiger partial charge on any atom is 0.312 e. The molecule has 2 rings (SSSR count). The van der Waals surface area contributed by atoms with Crippen molar-refractivity contribution in [2.24, 2.45) is 0 Å². The fraction of sp³-hybridized carbons (Fsp3) is 0.333. The SMILES string of the molecule is CCOc1ccc(Oc2ccc(S(=O)(=O)NCCN(C)C)cc2[N+](=O)[O-])cc1. The van der Waals surface area contributed by atoms with Crippen LogP contribution in [0, 0.1) is 10.1 Å². The molecule has 2 aromatic rings. The van der Waals surface area contributed by atoms with Crippen molar-refractivity contribution in [3.8, 4) is 17.2 Å². The standard InChI is InChI=1S/C18H23N3O6S/c1-4-26-14-5-7-15(8-6-14)27-18-10-9-16(13-17(18)21(22)23)28(24,25)19-11-12-20(2)3/h5-10,13,19H,4,11-12H2,1-3H3. The Bertz CT molecular complexity index is 913. The van der Waals surface area contributed by atoms with E-state index in [2.05, 4.69) is 4.72 Å². The number of nitrogens with one attached hydrogen (secondary N) is 1. The van der Waals surface area contributed by atoms with Crippen molar-refractivity contribution in [2.45, 2.75) is 11.8 Å². The Kier molecular flexibility index (Phi) is 7.32. The zero-order valence-corrected chi connectivity index (χ0v) is 16.7. The molecule has 0 radical (unpaired) electrons. The van der Waals surface area contributed by atoms with Crippen LogP contribution in [0.3, 0.4) is 0 Å². The van der Waals surface area contributed by atoms with Crippen LogP contribution in [0.1, 0.15) is 6.92 Å². The molecule has 0 aliphatic heterocycles. The lowest BCUT2D eigenvalue weighted by Gasteiger charge is -2.12. The highest BCUT2D eigenvalue weighted by Crippen LogP contribution is 2.33. The van der Waals surface area contributed by atoms with Gasteiger partial charge >= 0.3 is 5.69 Å². The van der Waals surface area contributed by atoms with Crippen LogP contribution in [0.5, 0.6) is 17.2 Å². The summed E-state index contributed by atoms with van der Waals surface area (Å²) in [5.41, 5.74) is -0.440. The number of benzene rings is 2. The molecule has 0 saturated carbocycles. The monoisotopic (exact) mass is 409 g/mol. The van der Waals surface area contributed by atoms with Gasteiger partial charge in [0.25, 0.3) is 0 Å². The van der Waals surface area contributed by atoms with Gasteiger partial charge < -0.3 is 14.4 Å². The quantitative estimate of drug-likeness (QED) is 0.474. The topological polar surface area (TPSA) is 111 Å². The molecule has 1 N–H and O–H groups in total. The Morgan fingerprint density at radius 2 is 1.75 bits per heavy atom. The molecular formula is C18H23N3O6S. The lowest BCUT2D eigenvalue weighted by molar-refractivity contribution is -0.385. The highest BCUT2D eigenvalue weighted by molar-refractivity contribution is 7.89. The number of sulfonamides is 1. The van der Waals surface area contributed by atoms with Crippen LogP contribution in [-0.4, -0.2) is 52.0 Å². The Balaban J connectivity index is 2.23. The Labute approximate surface area is 164 Å². The molecule has 0 heterocycles. The molecule has 152 valence electrons. The van der Waals surface area contributed by atoms with Crippen molar-refractivity contribution in [3.63, 3.8) is 0 Å². The van der Waals surface area contributed by atoms with Crippen LogP contribution in [0.2, 0.25) is 0 Å². The van der Waals surface area contributed by atoms with Crippen LogP contribution in [0.25, 0.3) is 0 Å². The number of rotatable bonds is 10. The van der Waals surface area contributed by atoms with Crippen LogP contribution < -0.4 is 14.2 Å². The van der Waals surface area contributed by atoms with Gasteiger partial charge in [-0.15, -0.1) is 0 Å². The zero-order chi connectivity index (χ0) is 20.7. The van der Waals surface area contributed by atoms with E-state index in [9.17, 15) is 18.5 Å². The number of hydrogen-bond acceptors (Lipinski definition) is 7. The summed E-state index contributed by atoms with van der Waals surface area (Å²) >= 11 is 0. The normalized spacial score (nSPS) is 11.4. The van der Waals surface area contributed by atoms with Crippen molar-refractivity contribution >= 4 is 15.7 Å². The van der Waals surface area contributed by atoms with Crippen LogP contribution in [0.4, 0.5) is 5.69 Å². The van der Waals surface area contributed by atoms with E-state index >= 15 is 0 Å². The fourth-order valence-corrected chi connectivity index (χ4v) is 3.32. The van der Waals surface area contributed by atoms with Crippen molar-refractivity contribution in [1.82, 2.24) is 9.62 Å². The zero-order valence-electron chi connectivity index (χ0n) is 15.9. The van der Waals surface area contributed by atoms with Crippen LogP contribution in [-0.2, 0) is 10.0 Å². The molecule has 0 atom stereocenters. The molecule has 0 bridgehead atoms. The van der Waals surface area contributed by atoms with Gasteiger partial charge in [0.2, 0.25) is 15.8 Å². The van der Waals surface area contributed by atoms with Gasteiger partial charge in [0.15, 0.2) is 0 Å². The van der Waals surface area contributed by atoms with Crippen molar-refractivity contribution in [3.05, 3.63) is 52.6 Å². The van der Waals surface area contributed by atoms with Gasteiger partial charge in [-0.25, -0.2) is 13.1 Å². The summed E-state index contributed by atoms with van der Waals surface area (Å²) in [6.07, 6.45) is 0. The summed E-state index contributed by atoms with van der Waals surface area (Å²) in [6, 6.07) is 10.1. The third-order valence-electron chi connectivity index (χ3n) is 3.65. The molecule has 0 spiro atoms. The minimum Gasteiger partial charge on any atom is -0.494 e. The smallest absolute Gasteiger partial charge is 0.312 e. The second-order valence-electron chi connectivity index (χ2n) is 6.09. The summed E-state index contributed by atoms with van der Waals surface area (Å²) < 4.78 is 38.0. The molecule has 0 saturated heterocycles. The van der Waals surface area contributed by atoms with E-state index in [4.69, 9.17) is 9.47 Å². The number of nitro groups is 1. The fourth-order valence-electron chi connectivity index (χ4n) is 2.28. The van der Waals surface area contributed by atoms with Crippen LogP contribution in [0.15, 0.2) is 47.4 Å². The molecule has 2 aromatic carbocycles. The average Bonchev–Trinajstić information content (AvgIpc) is 2.63. The second-order valence-corrected chi connectivity index (χ2v) is 7.86. The molecule has 0 amide bonds. The highest BCUT2D eigenvalue weighted by Gasteiger charge is 2.22. The van der Waals surface area contributed by atoms with E-state index < -0.39 is 20.6 Å². The maximum absolute atomic E-state index is 12.4.